The van der Waals surface area contributed by atoms with Crippen LogP contribution in [0.3, 0.4) is 0 Å². The quantitative estimate of drug-likeness (QED) is 0.108. The monoisotopic (exact) mass is 754 g/mol. The van der Waals surface area contributed by atoms with Crippen LogP contribution in [0.4, 0.5) is 13.6 Å². The van der Waals surface area contributed by atoms with Gasteiger partial charge in [0.05, 0.1) is 11.6 Å². The maximum absolute atomic E-state index is 14.8. The Morgan fingerprint density at radius 2 is 1.46 bits per heavy atom. The molecular weight excluding hydrogens is 706 g/mol. The maximum Gasteiger partial charge on any atom is 0.410 e. The second-order valence-electron chi connectivity index (χ2n) is 13.7. The molecule has 0 unspecified atom stereocenters. The van der Waals surface area contributed by atoms with E-state index in [9.17, 15) is 28.0 Å². The van der Waals surface area contributed by atoms with Crippen molar-refractivity contribution in [3.63, 3.8) is 0 Å². The molecule has 0 aliphatic carbocycles. The number of ether oxygens (including phenoxy) is 6. The Hall–Kier alpha value is -5.08. The second-order valence-corrected chi connectivity index (χ2v) is 13.7. The van der Waals surface area contributed by atoms with Crippen molar-refractivity contribution in [3.8, 4) is 11.5 Å². The van der Waals surface area contributed by atoms with Crippen LogP contribution in [0.1, 0.15) is 95.2 Å². The van der Waals surface area contributed by atoms with Crippen molar-refractivity contribution in [1.82, 2.24) is 10.2 Å². The molecule has 1 aliphatic heterocycles. The van der Waals surface area contributed by atoms with Gasteiger partial charge in [0.1, 0.15) is 40.4 Å². The molecule has 12 nitrogen and oxygen atoms in total. The van der Waals surface area contributed by atoms with E-state index in [1.165, 1.54) is 43.4 Å². The maximum atomic E-state index is 14.8. The summed E-state index contributed by atoms with van der Waals surface area (Å²) >= 11 is 0. The lowest BCUT2D eigenvalue weighted by Gasteiger charge is -2.31. The van der Waals surface area contributed by atoms with E-state index >= 15 is 0 Å². The number of halogens is 2. The lowest BCUT2D eigenvalue weighted by molar-refractivity contribution is 0.0127. The Balaban J connectivity index is 1.59. The number of benzene rings is 3. The van der Waals surface area contributed by atoms with E-state index in [4.69, 9.17) is 28.4 Å². The molecule has 3 aromatic carbocycles. The van der Waals surface area contributed by atoms with E-state index in [2.05, 4.69) is 5.32 Å². The van der Waals surface area contributed by atoms with Gasteiger partial charge in [-0.05, 0) is 81.8 Å². The Labute approximate surface area is 314 Å². The van der Waals surface area contributed by atoms with Gasteiger partial charge in [0, 0.05) is 50.6 Å². The molecule has 54 heavy (non-hydrogen) atoms. The summed E-state index contributed by atoms with van der Waals surface area (Å²) in [5.41, 5.74) is 0.833. The van der Waals surface area contributed by atoms with Crippen molar-refractivity contribution in [2.45, 2.75) is 78.0 Å². The molecule has 292 valence electrons. The van der Waals surface area contributed by atoms with Crippen molar-refractivity contribution < 1.29 is 56.4 Å². The summed E-state index contributed by atoms with van der Waals surface area (Å²) in [6, 6.07) is 9.43. The normalized spacial score (nSPS) is 15.9. The van der Waals surface area contributed by atoms with E-state index in [1.54, 1.807) is 32.9 Å². The topological polar surface area (TPSA) is 139 Å². The van der Waals surface area contributed by atoms with Crippen LogP contribution in [0, 0.1) is 11.6 Å². The zero-order chi connectivity index (χ0) is 39.6. The fourth-order valence-electron chi connectivity index (χ4n) is 5.98. The highest BCUT2D eigenvalue weighted by Gasteiger charge is 2.35. The van der Waals surface area contributed by atoms with Crippen LogP contribution in [0.25, 0.3) is 0 Å². The van der Waals surface area contributed by atoms with Crippen LogP contribution in [0.15, 0.2) is 48.5 Å². The van der Waals surface area contributed by atoms with E-state index in [0.717, 1.165) is 17.2 Å². The first-order valence-electron chi connectivity index (χ1n) is 17.7. The largest absolute Gasteiger partial charge is 0.467 e. The summed E-state index contributed by atoms with van der Waals surface area (Å²) in [6.07, 6.45) is 0.516. The molecule has 4 rings (SSSR count). The summed E-state index contributed by atoms with van der Waals surface area (Å²) < 4.78 is 61.3. The molecule has 0 saturated carbocycles. The van der Waals surface area contributed by atoms with Crippen LogP contribution >= 0.6 is 0 Å². The third kappa shape index (κ3) is 10.8. The Morgan fingerprint density at radius 1 is 0.852 bits per heavy atom. The third-order valence-corrected chi connectivity index (χ3v) is 8.56. The minimum atomic E-state index is -1.12. The van der Waals surface area contributed by atoms with Gasteiger partial charge in [-0.3, -0.25) is 9.59 Å². The van der Waals surface area contributed by atoms with Crippen molar-refractivity contribution in [3.05, 3.63) is 93.5 Å². The molecule has 2 atom stereocenters. The predicted octanol–water partition coefficient (Wildman–Crippen LogP) is 6.64. The van der Waals surface area contributed by atoms with Crippen LogP contribution in [0.5, 0.6) is 11.5 Å². The van der Waals surface area contributed by atoms with Gasteiger partial charge in [-0.25, -0.2) is 18.4 Å². The highest BCUT2D eigenvalue weighted by Crippen LogP contribution is 2.29. The predicted molar refractivity (Wildman–Crippen MR) is 194 cm³/mol. The standard InChI is InChI=1S/C40H48F2N2O10/c1-8-24-17-28(18-25(9-2)36(24)52-23-50-7)37(46)43-31-21-44(39(48)54-40(3,4)5)16-10-11-32(31)53-38(47)27-14-12-26(13-15-27)35(45)34-30(42)19-29(41)20-33(34)51-22-49-6/h12-15,17-20,31-32H,8-11,16,21-23H2,1-7H3,(H,43,46)/t31-,32-/m1/s1. The number of hydrogen-bond acceptors (Lipinski definition) is 10. The summed E-state index contributed by atoms with van der Waals surface area (Å²) in [7, 11) is 2.85. The fraction of sp³-hybridized carbons (Fsp3) is 0.450. The number of ketones is 1. The van der Waals surface area contributed by atoms with Crippen molar-refractivity contribution in [1.29, 1.82) is 0 Å². The first-order valence-corrected chi connectivity index (χ1v) is 17.7. The number of esters is 1. The Bertz CT molecular complexity index is 1780. The smallest absolute Gasteiger partial charge is 0.410 e. The molecule has 1 saturated heterocycles. The van der Waals surface area contributed by atoms with Crippen LogP contribution < -0.4 is 14.8 Å². The average molecular weight is 755 g/mol. The van der Waals surface area contributed by atoms with Gasteiger partial charge in [0.15, 0.2) is 19.4 Å². The molecule has 2 amide bonds. The Morgan fingerprint density at radius 3 is 2.06 bits per heavy atom. The molecule has 0 aromatic heterocycles. The lowest BCUT2D eigenvalue weighted by Crippen LogP contribution is -2.51. The molecule has 3 aromatic rings. The zero-order valence-corrected chi connectivity index (χ0v) is 31.7. The van der Waals surface area contributed by atoms with E-state index in [1.807, 2.05) is 13.8 Å². The molecule has 0 radical (unpaired) electrons. The minimum Gasteiger partial charge on any atom is -0.467 e. The number of amides is 2. The summed E-state index contributed by atoms with van der Waals surface area (Å²) in [5, 5.41) is 3.01. The lowest BCUT2D eigenvalue weighted by atomic mass is 9.99. The van der Waals surface area contributed by atoms with Gasteiger partial charge >= 0.3 is 12.1 Å². The molecule has 1 heterocycles. The average Bonchev–Trinajstić information content (AvgIpc) is 3.33. The third-order valence-electron chi connectivity index (χ3n) is 8.56. The van der Waals surface area contributed by atoms with Crippen LogP contribution in [0.2, 0.25) is 0 Å². The SMILES string of the molecule is CCc1cc(C(=O)N[C@@H]2CN(C(=O)OC(C)(C)C)CCC[C@H]2OC(=O)c2ccc(C(=O)c3c(F)cc(F)cc3OCOC)cc2)cc(CC)c1OCOC. The Kier molecular flexibility index (Phi) is 14.5. The molecule has 0 spiro atoms. The van der Waals surface area contributed by atoms with Gasteiger partial charge in [0.25, 0.3) is 5.91 Å². The highest BCUT2D eigenvalue weighted by atomic mass is 19.1. The van der Waals surface area contributed by atoms with Crippen molar-refractivity contribution in [2.75, 3.05) is 40.9 Å². The molecule has 0 bridgehead atoms. The zero-order valence-electron chi connectivity index (χ0n) is 31.7. The first kappa shape index (κ1) is 41.7. The number of carbonyl (C=O) groups is 4. The number of aryl methyl sites for hydroxylation is 2. The molecule has 14 heteroatoms. The highest BCUT2D eigenvalue weighted by molar-refractivity contribution is 6.11. The summed E-state index contributed by atoms with van der Waals surface area (Å²) in [6.45, 7) is 9.18. The van der Waals surface area contributed by atoms with Crippen LogP contribution in [-0.2, 0) is 31.8 Å². The number of likely N-dealkylation sites (tertiary alicyclic amines) is 1. The molecule has 1 fully saturated rings. The van der Waals surface area contributed by atoms with Gasteiger partial charge in [-0.1, -0.05) is 26.0 Å². The fourth-order valence-corrected chi connectivity index (χ4v) is 5.98. The molecule has 1 aliphatic rings. The summed E-state index contributed by atoms with van der Waals surface area (Å²) in [5.74, 6) is -3.71. The number of hydrogen-bond donors (Lipinski definition) is 1. The van der Waals surface area contributed by atoms with Gasteiger partial charge in [-0.2, -0.15) is 0 Å². The van der Waals surface area contributed by atoms with Crippen molar-refractivity contribution >= 4 is 23.8 Å². The molecular formula is C40H48F2N2O10. The first-order chi connectivity index (χ1) is 25.7. The summed E-state index contributed by atoms with van der Waals surface area (Å²) in [4.78, 5) is 55.4. The van der Waals surface area contributed by atoms with E-state index < -0.39 is 58.7 Å². The van der Waals surface area contributed by atoms with E-state index in [0.29, 0.717) is 49.6 Å². The van der Waals surface area contributed by atoms with Gasteiger partial charge in [-0.15, -0.1) is 0 Å². The minimum absolute atomic E-state index is 0.000940. The number of nitrogens with zero attached hydrogens (tertiary/aromatic N) is 1. The van der Waals surface area contributed by atoms with Gasteiger partial charge in [0.2, 0.25) is 0 Å². The number of methoxy groups -OCH3 is 2. The van der Waals surface area contributed by atoms with Crippen LogP contribution in [-0.4, -0.2) is 87.3 Å². The number of nitrogens with one attached hydrogen (secondary N) is 1. The van der Waals surface area contributed by atoms with Crippen molar-refractivity contribution in [2.24, 2.45) is 0 Å². The van der Waals surface area contributed by atoms with Gasteiger partial charge < -0.3 is 38.6 Å². The number of rotatable bonds is 14. The molecule has 1 N–H and O–H groups in total. The van der Waals surface area contributed by atoms with E-state index in [-0.39, 0.29) is 37.0 Å². The second kappa shape index (κ2) is 18.8. The number of carbonyl (C=O) groups excluding carboxylic acids is 4.